The van der Waals surface area contributed by atoms with Crippen LogP contribution in [0.3, 0.4) is 0 Å². The van der Waals surface area contributed by atoms with Crippen molar-refractivity contribution in [3.8, 4) is 11.5 Å². The number of phenols is 2. The summed E-state index contributed by atoms with van der Waals surface area (Å²) >= 11 is 0. The Morgan fingerprint density at radius 1 is 1.00 bits per heavy atom. The van der Waals surface area contributed by atoms with Crippen molar-refractivity contribution in [2.75, 3.05) is 0 Å². The normalized spacial score (nSPS) is 10.5. The van der Waals surface area contributed by atoms with Crippen molar-refractivity contribution in [2.45, 2.75) is 6.42 Å². The van der Waals surface area contributed by atoms with Gasteiger partial charge in [0.1, 0.15) is 11.5 Å². The summed E-state index contributed by atoms with van der Waals surface area (Å²) in [6.45, 7) is 0. The lowest BCUT2D eigenvalue weighted by Gasteiger charge is -2.09. The van der Waals surface area contributed by atoms with Crippen LogP contribution in [0.4, 0.5) is 0 Å². The molecule has 2 rings (SSSR count). The summed E-state index contributed by atoms with van der Waals surface area (Å²) in [7, 11) is 5.17. The maximum atomic E-state index is 9.81. The molecular formula is C13H14O2P2. The van der Waals surface area contributed by atoms with Gasteiger partial charge in [0.05, 0.1) is 0 Å². The Kier molecular flexibility index (Phi) is 3.66. The van der Waals surface area contributed by atoms with Crippen LogP contribution in [0.25, 0.3) is 0 Å². The van der Waals surface area contributed by atoms with Crippen molar-refractivity contribution in [3.05, 3.63) is 47.5 Å². The van der Waals surface area contributed by atoms with Gasteiger partial charge < -0.3 is 10.2 Å². The number of hydrogen-bond donors (Lipinski definition) is 2. The summed E-state index contributed by atoms with van der Waals surface area (Å²) in [5, 5.41) is 21.2. The van der Waals surface area contributed by atoms with Gasteiger partial charge >= 0.3 is 0 Å². The molecule has 88 valence electrons. The van der Waals surface area contributed by atoms with Gasteiger partial charge in [-0.05, 0) is 34.4 Å². The minimum absolute atomic E-state index is 0.244. The zero-order valence-electron chi connectivity index (χ0n) is 9.22. The van der Waals surface area contributed by atoms with E-state index in [4.69, 9.17) is 0 Å². The Morgan fingerprint density at radius 2 is 1.76 bits per heavy atom. The fraction of sp³-hybridized carbons (Fsp3) is 0.0769. The van der Waals surface area contributed by atoms with Gasteiger partial charge in [-0.25, -0.2) is 0 Å². The molecule has 0 heterocycles. The molecule has 2 unspecified atom stereocenters. The van der Waals surface area contributed by atoms with Crippen molar-refractivity contribution < 1.29 is 10.2 Å². The Labute approximate surface area is 105 Å². The summed E-state index contributed by atoms with van der Waals surface area (Å²) in [6, 6.07) is 10.8. The molecule has 0 radical (unpaired) electrons. The van der Waals surface area contributed by atoms with Crippen molar-refractivity contribution >= 4 is 29.1 Å². The monoisotopic (exact) mass is 264 g/mol. The van der Waals surface area contributed by atoms with E-state index in [0.29, 0.717) is 6.42 Å². The van der Waals surface area contributed by atoms with Gasteiger partial charge in [0.25, 0.3) is 0 Å². The SMILES string of the molecule is Oc1cc(P)cc(Cc2c(O)cccc2P)c1. The smallest absolute Gasteiger partial charge is 0.119 e. The Hall–Kier alpha value is -1.10. The molecule has 0 bridgehead atoms. The lowest BCUT2D eigenvalue weighted by Crippen LogP contribution is -2.04. The number of aromatic hydroxyl groups is 2. The largest absolute Gasteiger partial charge is 0.508 e. The molecule has 0 saturated heterocycles. The summed E-state index contributed by atoms with van der Waals surface area (Å²) in [6.07, 6.45) is 0.599. The maximum Gasteiger partial charge on any atom is 0.119 e. The van der Waals surface area contributed by atoms with Gasteiger partial charge in [0, 0.05) is 12.0 Å². The first kappa shape index (κ1) is 12.4. The minimum atomic E-state index is 0.244. The van der Waals surface area contributed by atoms with E-state index in [0.717, 1.165) is 21.7 Å². The molecule has 0 saturated carbocycles. The summed E-state index contributed by atoms with van der Waals surface area (Å²) in [4.78, 5) is 0. The van der Waals surface area contributed by atoms with Crippen molar-refractivity contribution in [2.24, 2.45) is 0 Å². The topological polar surface area (TPSA) is 40.5 Å². The van der Waals surface area contributed by atoms with Crippen LogP contribution in [0.1, 0.15) is 11.1 Å². The van der Waals surface area contributed by atoms with E-state index in [9.17, 15) is 10.2 Å². The fourth-order valence-corrected chi connectivity index (χ4v) is 2.54. The predicted molar refractivity (Wildman–Crippen MR) is 77.7 cm³/mol. The molecule has 0 fully saturated rings. The predicted octanol–water partition coefficient (Wildman–Crippen LogP) is 1.69. The Balaban J connectivity index is 2.38. The third-order valence-electron chi connectivity index (χ3n) is 2.57. The average molecular weight is 264 g/mol. The van der Waals surface area contributed by atoms with Crippen molar-refractivity contribution in [1.82, 2.24) is 0 Å². The van der Waals surface area contributed by atoms with Gasteiger partial charge in [-0.2, -0.15) is 0 Å². The first-order valence-corrected chi connectivity index (χ1v) is 6.36. The van der Waals surface area contributed by atoms with Crippen LogP contribution in [0, 0.1) is 0 Å². The second kappa shape index (κ2) is 5.04. The number of phenolic OH excluding ortho intramolecular Hbond substituents is 2. The van der Waals surface area contributed by atoms with E-state index < -0.39 is 0 Å². The quantitative estimate of drug-likeness (QED) is 0.810. The molecule has 0 aromatic heterocycles. The van der Waals surface area contributed by atoms with Gasteiger partial charge in [0.15, 0.2) is 0 Å². The zero-order chi connectivity index (χ0) is 12.4. The van der Waals surface area contributed by atoms with E-state index in [1.165, 1.54) is 0 Å². The summed E-state index contributed by atoms with van der Waals surface area (Å²) in [5.41, 5.74) is 1.84. The van der Waals surface area contributed by atoms with Crippen LogP contribution >= 0.6 is 18.5 Å². The maximum absolute atomic E-state index is 9.81. The summed E-state index contributed by atoms with van der Waals surface area (Å²) < 4.78 is 0. The highest BCUT2D eigenvalue weighted by molar-refractivity contribution is 7.27. The molecule has 2 atom stereocenters. The lowest BCUT2D eigenvalue weighted by molar-refractivity contribution is 0.469. The number of hydrogen-bond acceptors (Lipinski definition) is 2. The van der Waals surface area contributed by atoms with Gasteiger partial charge in [-0.15, -0.1) is 18.5 Å². The molecule has 0 aliphatic heterocycles. The molecule has 4 heteroatoms. The highest BCUT2D eigenvalue weighted by Crippen LogP contribution is 2.21. The molecule has 0 spiro atoms. The highest BCUT2D eigenvalue weighted by atomic mass is 31.0. The molecule has 17 heavy (non-hydrogen) atoms. The molecule has 0 aliphatic carbocycles. The fourth-order valence-electron chi connectivity index (χ4n) is 1.79. The average Bonchev–Trinajstić information content (AvgIpc) is 2.22. The zero-order valence-corrected chi connectivity index (χ0v) is 11.5. The highest BCUT2D eigenvalue weighted by Gasteiger charge is 2.06. The molecule has 2 aromatic rings. The molecule has 2 aromatic carbocycles. The molecular weight excluding hydrogens is 250 g/mol. The van der Waals surface area contributed by atoms with Crippen LogP contribution in [-0.4, -0.2) is 10.2 Å². The molecule has 2 nitrogen and oxygen atoms in total. The summed E-state index contributed by atoms with van der Waals surface area (Å²) in [5.74, 6) is 0.527. The van der Waals surface area contributed by atoms with E-state index in [1.54, 1.807) is 18.2 Å². The van der Waals surface area contributed by atoms with Crippen LogP contribution in [0.5, 0.6) is 11.5 Å². The number of benzene rings is 2. The standard InChI is InChI=1S/C13H14O2P2/c14-9-4-8(5-10(16)7-9)6-11-12(15)2-1-3-13(11)17/h1-5,7,14-15H,6,16-17H2. The van der Waals surface area contributed by atoms with Gasteiger partial charge in [0.2, 0.25) is 0 Å². The van der Waals surface area contributed by atoms with Crippen LogP contribution in [0.15, 0.2) is 36.4 Å². The second-order valence-corrected chi connectivity index (χ2v) is 5.24. The number of rotatable bonds is 2. The molecule has 2 N–H and O–H groups in total. The first-order chi connectivity index (χ1) is 8.06. The van der Waals surface area contributed by atoms with Crippen LogP contribution in [0.2, 0.25) is 0 Å². The van der Waals surface area contributed by atoms with Gasteiger partial charge in [-0.1, -0.05) is 18.2 Å². The van der Waals surface area contributed by atoms with E-state index in [-0.39, 0.29) is 11.5 Å². The first-order valence-electron chi connectivity index (χ1n) is 5.21. The Bertz CT molecular complexity index is 513. The van der Waals surface area contributed by atoms with Crippen LogP contribution in [-0.2, 0) is 6.42 Å². The lowest BCUT2D eigenvalue weighted by atomic mass is 10.0. The molecule has 0 aliphatic rings. The van der Waals surface area contributed by atoms with Crippen LogP contribution < -0.4 is 10.6 Å². The minimum Gasteiger partial charge on any atom is -0.508 e. The second-order valence-electron chi connectivity index (χ2n) is 3.95. The Morgan fingerprint density at radius 3 is 2.41 bits per heavy atom. The third-order valence-corrected chi connectivity index (χ3v) is 3.44. The van der Waals surface area contributed by atoms with E-state index in [1.807, 2.05) is 18.2 Å². The van der Waals surface area contributed by atoms with Crippen molar-refractivity contribution in [3.63, 3.8) is 0 Å². The van der Waals surface area contributed by atoms with E-state index >= 15 is 0 Å². The molecule has 0 amide bonds. The van der Waals surface area contributed by atoms with E-state index in [2.05, 4.69) is 18.5 Å². The third kappa shape index (κ3) is 2.97. The van der Waals surface area contributed by atoms with Crippen molar-refractivity contribution in [1.29, 1.82) is 0 Å². The van der Waals surface area contributed by atoms with Gasteiger partial charge in [-0.3, -0.25) is 0 Å².